The molecule has 0 aromatic carbocycles. The first kappa shape index (κ1) is 13.4. The van der Waals surface area contributed by atoms with Gasteiger partial charge in [-0.2, -0.15) is 0 Å². The van der Waals surface area contributed by atoms with Gasteiger partial charge in [0, 0.05) is 10.7 Å². The molecule has 10 heteroatoms. The predicted octanol–water partition coefficient (Wildman–Crippen LogP) is 1.83. The Morgan fingerprint density at radius 1 is 1.50 bits per heavy atom. The number of aliphatic carboxylic acids is 1. The van der Waals surface area contributed by atoms with Crippen molar-refractivity contribution in [1.82, 2.24) is 25.2 Å². The van der Waals surface area contributed by atoms with Gasteiger partial charge in [-0.25, -0.2) is 9.67 Å². The Balaban J connectivity index is 2.23. The Bertz CT molecular complexity index is 591. The number of hydrogen-bond acceptors (Lipinski definition) is 6. The van der Waals surface area contributed by atoms with Gasteiger partial charge < -0.3 is 5.11 Å². The third-order valence-electron chi connectivity index (χ3n) is 1.75. The molecule has 0 spiro atoms. The van der Waals surface area contributed by atoms with E-state index in [1.165, 1.54) is 16.4 Å². The number of hydrogen-bond donors (Lipinski definition) is 1. The summed E-state index contributed by atoms with van der Waals surface area (Å²) in [6.45, 7) is -0.288. The summed E-state index contributed by atoms with van der Waals surface area (Å²) in [6.07, 6.45) is 1.64. The molecular formula is C8H5Br2N5O2S. The SMILES string of the molecule is O=C(O)Cn1nnnc1Sc1ncc(Br)cc1Br. The molecule has 18 heavy (non-hydrogen) atoms. The van der Waals surface area contributed by atoms with Gasteiger partial charge in [0.15, 0.2) is 0 Å². The normalized spacial score (nSPS) is 10.6. The van der Waals surface area contributed by atoms with Crippen LogP contribution < -0.4 is 0 Å². The number of aromatic nitrogens is 5. The van der Waals surface area contributed by atoms with Crippen molar-refractivity contribution in [2.24, 2.45) is 0 Å². The summed E-state index contributed by atoms with van der Waals surface area (Å²) in [5.41, 5.74) is 0. The molecule has 0 unspecified atom stereocenters. The lowest BCUT2D eigenvalue weighted by atomic mass is 10.5. The Labute approximate surface area is 122 Å². The van der Waals surface area contributed by atoms with Gasteiger partial charge in [0.25, 0.3) is 0 Å². The molecule has 0 radical (unpaired) electrons. The van der Waals surface area contributed by atoms with Gasteiger partial charge in [-0.1, -0.05) is 0 Å². The lowest BCUT2D eigenvalue weighted by Crippen LogP contribution is -2.11. The average molecular weight is 395 g/mol. The quantitative estimate of drug-likeness (QED) is 0.845. The minimum Gasteiger partial charge on any atom is -0.480 e. The zero-order chi connectivity index (χ0) is 13.1. The number of rotatable bonds is 4. The van der Waals surface area contributed by atoms with Crippen molar-refractivity contribution >= 4 is 49.6 Å². The molecule has 0 aliphatic heterocycles. The number of pyridine rings is 1. The molecule has 7 nitrogen and oxygen atoms in total. The van der Waals surface area contributed by atoms with Gasteiger partial charge in [0.2, 0.25) is 5.16 Å². The Kier molecular flexibility index (Phi) is 4.30. The molecule has 2 rings (SSSR count). The number of carboxylic acids is 1. The smallest absolute Gasteiger partial charge is 0.325 e. The van der Waals surface area contributed by atoms with E-state index in [2.05, 4.69) is 52.4 Å². The summed E-state index contributed by atoms with van der Waals surface area (Å²) in [4.78, 5) is 14.8. The minimum atomic E-state index is -1.01. The van der Waals surface area contributed by atoms with Crippen molar-refractivity contribution in [1.29, 1.82) is 0 Å². The fourth-order valence-corrected chi connectivity index (χ4v) is 3.01. The zero-order valence-electron chi connectivity index (χ0n) is 8.62. The monoisotopic (exact) mass is 393 g/mol. The van der Waals surface area contributed by atoms with Crippen molar-refractivity contribution in [3.05, 3.63) is 21.2 Å². The summed E-state index contributed by atoms with van der Waals surface area (Å²) in [6, 6.07) is 1.83. The maximum Gasteiger partial charge on any atom is 0.325 e. The van der Waals surface area contributed by atoms with Crippen molar-refractivity contribution in [3.63, 3.8) is 0 Å². The summed E-state index contributed by atoms with van der Waals surface area (Å²) in [5, 5.41) is 20.5. The van der Waals surface area contributed by atoms with E-state index in [-0.39, 0.29) is 6.54 Å². The van der Waals surface area contributed by atoms with Crippen LogP contribution in [0.15, 0.2) is 31.4 Å². The van der Waals surface area contributed by atoms with Crippen molar-refractivity contribution in [3.8, 4) is 0 Å². The average Bonchev–Trinajstić information content (AvgIpc) is 2.69. The van der Waals surface area contributed by atoms with E-state index < -0.39 is 5.97 Å². The van der Waals surface area contributed by atoms with E-state index in [1.54, 1.807) is 6.20 Å². The summed E-state index contributed by atoms with van der Waals surface area (Å²) < 4.78 is 2.80. The number of tetrazole rings is 1. The van der Waals surface area contributed by atoms with Crippen LogP contribution in [0.1, 0.15) is 0 Å². The molecule has 2 heterocycles. The maximum absolute atomic E-state index is 10.6. The standard InChI is InChI=1S/C8H5Br2N5O2S/c9-4-1-5(10)7(11-2-4)18-8-12-13-14-15(8)3-6(16)17/h1-2H,3H2,(H,16,17). The van der Waals surface area contributed by atoms with Crippen LogP contribution in [-0.4, -0.2) is 36.3 Å². The zero-order valence-corrected chi connectivity index (χ0v) is 12.6. The number of carbonyl (C=O) groups is 1. The highest BCUT2D eigenvalue weighted by Crippen LogP contribution is 2.31. The van der Waals surface area contributed by atoms with E-state index >= 15 is 0 Å². The molecule has 0 atom stereocenters. The van der Waals surface area contributed by atoms with Gasteiger partial charge in [-0.05, 0) is 60.1 Å². The van der Waals surface area contributed by atoms with Gasteiger partial charge in [-0.3, -0.25) is 4.79 Å². The minimum absolute atomic E-state index is 0.288. The lowest BCUT2D eigenvalue weighted by Gasteiger charge is -2.03. The first-order valence-electron chi connectivity index (χ1n) is 4.53. The van der Waals surface area contributed by atoms with Gasteiger partial charge in [0.1, 0.15) is 11.6 Å². The number of halogens is 2. The summed E-state index contributed by atoms with van der Waals surface area (Å²) in [5.74, 6) is -1.01. The highest BCUT2D eigenvalue weighted by Gasteiger charge is 2.13. The van der Waals surface area contributed by atoms with Crippen LogP contribution in [-0.2, 0) is 11.3 Å². The molecule has 0 fully saturated rings. The molecule has 0 aliphatic carbocycles. The first-order chi connectivity index (χ1) is 8.56. The van der Waals surface area contributed by atoms with E-state index in [4.69, 9.17) is 5.11 Å². The molecule has 2 aromatic heterocycles. The number of carboxylic acid groups (broad SMARTS) is 1. The maximum atomic E-state index is 10.6. The largest absolute Gasteiger partial charge is 0.480 e. The second kappa shape index (κ2) is 5.76. The van der Waals surface area contributed by atoms with Crippen LogP contribution in [0.5, 0.6) is 0 Å². The van der Waals surface area contributed by atoms with Crippen molar-refractivity contribution < 1.29 is 9.90 Å². The molecule has 0 saturated heterocycles. The van der Waals surface area contributed by atoms with Crippen LogP contribution in [0.4, 0.5) is 0 Å². The Hall–Kier alpha value is -1.000. The second-order valence-corrected chi connectivity index (χ2v) is 5.78. The van der Waals surface area contributed by atoms with Crippen molar-refractivity contribution in [2.75, 3.05) is 0 Å². The van der Waals surface area contributed by atoms with Crippen LogP contribution >= 0.6 is 43.6 Å². The predicted molar refractivity (Wildman–Crippen MR) is 69.2 cm³/mol. The third-order valence-corrected chi connectivity index (χ3v) is 4.04. The van der Waals surface area contributed by atoms with E-state index in [0.717, 1.165) is 8.95 Å². The highest BCUT2D eigenvalue weighted by molar-refractivity contribution is 9.11. The van der Waals surface area contributed by atoms with E-state index in [1.807, 2.05) is 6.07 Å². The van der Waals surface area contributed by atoms with Crippen LogP contribution in [0.25, 0.3) is 0 Å². The summed E-state index contributed by atoms with van der Waals surface area (Å²) >= 11 is 7.84. The molecule has 1 N–H and O–H groups in total. The van der Waals surface area contributed by atoms with Crippen LogP contribution in [0, 0.1) is 0 Å². The lowest BCUT2D eigenvalue weighted by molar-refractivity contribution is -0.138. The Morgan fingerprint density at radius 2 is 2.28 bits per heavy atom. The highest BCUT2D eigenvalue weighted by atomic mass is 79.9. The first-order valence-corrected chi connectivity index (χ1v) is 6.93. The fourth-order valence-electron chi connectivity index (χ4n) is 1.06. The molecule has 0 bridgehead atoms. The molecule has 0 amide bonds. The second-order valence-electron chi connectivity index (χ2n) is 3.06. The fraction of sp³-hybridized carbons (Fsp3) is 0.125. The van der Waals surface area contributed by atoms with E-state index in [0.29, 0.717) is 10.2 Å². The van der Waals surface area contributed by atoms with Gasteiger partial charge in [-0.15, -0.1) is 5.10 Å². The molecule has 2 aromatic rings. The van der Waals surface area contributed by atoms with Gasteiger partial charge in [0.05, 0.1) is 4.47 Å². The van der Waals surface area contributed by atoms with Crippen LogP contribution in [0.2, 0.25) is 0 Å². The Morgan fingerprint density at radius 3 is 2.94 bits per heavy atom. The number of nitrogens with zero attached hydrogens (tertiary/aromatic N) is 5. The summed E-state index contributed by atoms with van der Waals surface area (Å²) in [7, 11) is 0. The third kappa shape index (κ3) is 3.27. The van der Waals surface area contributed by atoms with Crippen LogP contribution in [0.3, 0.4) is 0 Å². The molecule has 94 valence electrons. The topological polar surface area (TPSA) is 93.8 Å². The van der Waals surface area contributed by atoms with Crippen molar-refractivity contribution in [2.45, 2.75) is 16.7 Å². The molecule has 0 aliphatic rings. The molecular weight excluding hydrogens is 390 g/mol. The van der Waals surface area contributed by atoms with E-state index in [9.17, 15) is 4.79 Å². The molecule has 0 saturated carbocycles. The van der Waals surface area contributed by atoms with Gasteiger partial charge >= 0.3 is 5.97 Å².